The van der Waals surface area contributed by atoms with Gasteiger partial charge in [-0.3, -0.25) is 14.4 Å². The van der Waals surface area contributed by atoms with E-state index < -0.39 is 11.5 Å². The molecule has 0 atom stereocenters. The maximum Gasteiger partial charge on any atom is 0.261 e. The van der Waals surface area contributed by atoms with E-state index in [-0.39, 0.29) is 16.8 Å². The van der Waals surface area contributed by atoms with Gasteiger partial charge in [0.1, 0.15) is 5.56 Å². The van der Waals surface area contributed by atoms with Crippen LogP contribution in [0.5, 0.6) is 0 Å². The summed E-state index contributed by atoms with van der Waals surface area (Å²) in [7, 11) is 0. The summed E-state index contributed by atoms with van der Waals surface area (Å²) in [6.45, 7) is 6.30. The van der Waals surface area contributed by atoms with Crippen LogP contribution in [0.1, 0.15) is 57.8 Å². The Labute approximate surface area is 146 Å². The van der Waals surface area contributed by atoms with E-state index in [4.69, 9.17) is 0 Å². The molecule has 1 aliphatic carbocycles. The fourth-order valence-electron chi connectivity index (χ4n) is 3.30. The normalized spacial score (nSPS) is 15.6. The van der Waals surface area contributed by atoms with Gasteiger partial charge in [0.15, 0.2) is 5.78 Å². The van der Waals surface area contributed by atoms with E-state index in [1.54, 1.807) is 0 Å². The molecule has 0 radical (unpaired) electrons. The summed E-state index contributed by atoms with van der Waals surface area (Å²) < 4.78 is 0. The fourth-order valence-corrected chi connectivity index (χ4v) is 3.30. The third-order valence-electron chi connectivity index (χ3n) is 4.50. The number of aromatic amines is 1. The van der Waals surface area contributed by atoms with Gasteiger partial charge in [-0.05, 0) is 30.4 Å². The largest absolute Gasteiger partial charge is 0.348 e. The van der Waals surface area contributed by atoms with Crippen LogP contribution in [0, 0.1) is 12.3 Å². The Hall–Kier alpha value is -2.69. The highest BCUT2D eigenvalue weighted by Gasteiger charge is 2.32. The van der Waals surface area contributed by atoms with Gasteiger partial charge in [-0.15, -0.1) is 0 Å². The van der Waals surface area contributed by atoms with Gasteiger partial charge in [0.2, 0.25) is 0 Å². The van der Waals surface area contributed by atoms with Crippen molar-refractivity contribution < 1.29 is 9.59 Å². The molecule has 1 aromatic carbocycles. The molecule has 5 nitrogen and oxygen atoms in total. The Kier molecular flexibility index (Phi) is 4.33. The standard InChI is InChI=1S/C20H22N2O3/c1-12-5-4-6-13(7-12)11-21-18(24)15-8-14-16(22-19(15)25)9-20(2,3)10-17(14)23/h4-8H,9-11H2,1-3H3,(H,21,24)(H,22,25). The van der Waals surface area contributed by atoms with Crippen molar-refractivity contribution in [3.63, 3.8) is 0 Å². The monoisotopic (exact) mass is 338 g/mol. The number of amides is 1. The van der Waals surface area contributed by atoms with Crippen LogP contribution in [-0.2, 0) is 13.0 Å². The molecule has 3 rings (SSSR count). The first-order chi connectivity index (χ1) is 11.7. The number of aryl methyl sites for hydroxylation is 1. The van der Waals surface area contributed by atoms with Crippen LogP contribution in [0.15, 0.2) is 35.1 Å². The van der Waals surface area contributed by atoms with Crippen molar-refractivity contribution in [2.75, 3.05) is 0 Å². The zero-order valence-electron chi connectivity index (χ0n) is 14.7. The number of aromatic nitrogens is 1. The Morgan fingerprint density at radius 3 is 2.68 bits per heavy atom. The van der Waals surface area contributed by atoms with Crippen LogP contribution in [0.3, 0.4) is 0 Å². The topological polar surface area (TPSA) is 79.0 Å². The van der Waals surface area contributed by atoms with Gasteiger partial charge in [0, 0.05) is 24.2 Å². The third kappa shape index (κ3) is 3.71. The molecule has 2 aromatic rings. The second kappa shape index (κ2) is 6.31. The zero-order valence-corrected chi connectivity index (χ0v) is 14.7. The van der Waals surface area contributed by atoms with Crippen LogP contribution < -0.4 is 10.9 Å². The fraction of sp³-hybridized carbons (Fsp3) is 0.350. The highest BCUT2D eigenvalue weighted by molar-refractivity contribution is 6.02. The highest BCUT2D eigenvalue weighted by Crippen LogP contribution is 2.33. The first-order valence-electron chi connectivity index (χ1n) is 8.38. The Balaban J connectivity index is 1.83. The van der Waals surface area contributed by atoms with E-state index in [1.165, 1.54) is 6.07 Å². The van der Waals surface area contributed by atoms with Crippen LogP contribution in [0.4, 0.5) is 0 Å². The first-order valence-corrected chi connectivity index (χ1v) is 8.38. The number of fused-ring (bicyclic) bond motifs is 1. The second-order valence-corrected chi connectivity index (χ2v) is 7.52. The Bertz CT molecular complexity index is 909. The molecule has 25 heavy (non-hydrogen) atoms. The number of H-pyrrole nitrogens is 1. The van der Waals surface area contributed by atoms with Gasteiger partial charge in [0.05, 0.1) is 0 Å². The van der Waals surface area contributed by atoms with Crippen LogP contribution >= 0.6 is 0 Å². The summed E-state index contributed by atoms with van der Waals surface area (Å²) in [5.41, 5.74) is 2.50. The van der Waals surface area contributed by atoms with Crippen LogP contribution in [-0.4, -0.2) is 16.7 Å². The molecule has 5 heteroatoms. The van der Waals surface area contributed by atoms with Gasteiger partial charge in [-0.25, -0.2) is 0 Å². The lowest BCUT2D eigenvalue weighted by Gasteiger charge is -2.29. The molecule has 0 unspecified atom stereocenters. The highest BCUT2D eigenvalue weighted by atomic mass is 16.2. The maximum atomic E-state index is 12.4. The minimum atomic E-state index is -0.469. The second-order valence-electron chi connectivity index (χ2n) is 7.52. The molecule has 1 aliphatic rings. The molecule has 1 amide bonds. The minimum absolute atomic E-state index is 0.0144. The summed E-state index contributed by atoms with van der Waals surface area (Å²) in [6, 6.07) is 9.23. The van der Waals surface area contributed by atoms with Crippen molar-refractivity contribution in [2.24, 2.45) is 5.41 Å². The van der Waals surface area contributed by atoms with Crippen LogP contribution in [0.2, 0.25) is 0 Å². The van der Waals surface area contributed by atoms with Crippen molar-refractivity contribution in [2.45, 2.75) is 40.2 Å². The SMILES string of the molecule is Cc1cccc(CNC(=O)c2cc3c([nH]c2=O)CC(C)(C)CC3=O)c1. The number of nitrogens with one attached hydrogen (secondary N) is 2. The molecular weight excluding hydrogens is 316 g/mol. The predicted molar refractivity (Wildman–Crippen MR) is 95.8 cm³/mol. The van der Waals surface area contributed by atoms with E-state index in [1.807, 2.05) is 45.0 Å². The molecule has 0 fully saturated rings. The average molecular weight is 338 g/mol. The zero-order chi connectivity index (χ0) is 18.2. The number of pyridine rings is 1. The molecule has 1 aromatic heterocycles. The summed E-state index contributed by atoms with van der Waals surface area (Å²) in [6.07, 6.45) is 1.03. The lowest BCUT2D eigenvalue weighted by Crippen LogP contribution is -2.34. The lowest BCUT2D eigenvalue weighted by atomic mass is 9.75. The first kappa shape index (κ1) is 17.1. The number of Topliss-reactive ketones (excluding diaryl/α,β-unsaturated/α-hetero) is 1. The van der Waals surface area contributed by atoms with E-state index in [2.05, 4.69) is 10.3 Å². The molecule has 130 valence electrons. The van der Waals surface area contributed by atoms with E-state index in [9.17, 15) is 14.4 Å². The van der Waals surface area contributed by atoms with E-state index in [0.717, 1.165) is 11.1 Å². The molecule has 0 saturated heterocycles. The number of ketones is 1. The van der Waals surface area contributed by atoms with Crippen LogP contribution in [0.25, 0.3) is 0 Å². The van der Waals surface area contributed by atoms with E-state index >= 15 is 0 Å². The summed E-state index contributed by atoms with van der Waals surface area (Å²) in [5.74, 6) is -0.501. The van der Waals surface area contributed by atoms with Gasteiger partial charge >= 0.3 is 0 Å². The Morgan fingerprint density at radius 2 is 1.96 bits per heavy atom. The predicted octanol–water partition coefficient (Wildman–Crippen LogP) is 2.77. The quantitative estimate of drug-likeness (QED) is 0.903. The number of carbonyl (C=O) groups excluding carboxylic acids is 2. The third-order valence-corrected chi connectivity index (χ3v) is 4.50. The van der Waals surface area contributed by atoms with Crippen molar-refractivity contribution in [1.82, 2.24) is 10.3 Å². The smallest absolute Gasteiger partial charge is 0.261 e. The van der Waals surface area contributed by atoms with E-state index in [0.29, 0.717) is 30.6 Å². The molecule has 0 saturated carbocycles. The molecule has 0 aliphatic heterocycles. The van der Waals surface area contributed by atoms with Crippen molar-refractivity contribution in [3.05, 3.63) is 68.6 Å². The molecule has 0 bridgehead atoms. The van der Waals surface area contributed by atoms with Gasteiger partial charge in [-0.2, -0.15) is 0 Å². The van der Waals surface area contributed by atoms with Gasteiger partial charge in [-0.1, -0.05) is 43.7 Å². The van der Waals surface area contributed by atoms with Gasteiger partial charge in [0.25, 0.3) is 11.5 Å². The summed E-state index contributed by atoms with van der Waals surface area (Å²) in [4.78, 5) is 39.8. The molecular formula is C20H22N2O3. The maximum absolute atomic E-state index is 12.4. The van der Waals surface area contributed by atoms with Crippen molar-refractivity contribution >= 4 is 11.7 Å². The number of carbonyl (C=O) groups is 2. The number of benzene rings is 1. The number of hydrogen-bond acceptors (Lipinski definition) is 3. The summed E-state index contributed by atoms with van der Waals surface area (Å²) >= 11 is 0. The molecule has 0 spiro atoms. The summed E-state index contributed by atoms with van der Waals surface area (Å²) in [5, 5.41) is 2.75. The van der Waals surface area contributed by atoms with Crippen molar-refractivity contribution in [3.8, 4) is 0 Å². The average Bonchev–Trinajstić information content (AvgIpc) is 2.51. The molecule has 1 heterocycles. The van der Waals surface area contributed by atoms with Gasteiger partial charge < -0.3 is 10.3 Å². The van der Waals surface area contributed by atoms with Crippen molar-refractivity contribution in [1.29, 1.82) is 0 Å². The number of rotatable bonds is 3. The minimum Gasteiger partial charge on any atom is -0.348 e. The number of hydrogen-bond donors (Lipinski definition) is 2. The molecule has 2 N–H and O–H groups in total. The Morgan fingerprint density at radius 1 is 1.20 bits per heavy atom. The lowest BCUT2D eigenvalue weighted by molar-refractivity contribution is 0.0910.